The number of aromatic nitrogens is 2. The van der Waals surface area contributed by atoms with Crippen LogP contribution in [0.3, 0.4) is 0 Å². The first-order valence-corrected chi connectivity index (χ1v) is 6.51. The van der Waals surface area contributed by atoms with Crippen molar-refractivity contribution in [1.29, 1.82) is 0 Å². The van der Waals surface area contributed by atoms with Crippen molar-refractivity contribution in [2.45, 2.75) is 18.8 Å². The van der Waals surface area contributed by atoms with Crippen LogP contribution in [0.15, 0.2) is 28.8 Å². The summed E-state index contributed by atoms with van der Waals surface area (Å²) in [4.78, 5) is 4.46. The highest BCUT2D eigenvalue weighted by molar-refractivity contribution is 6.33. The van der Waals surface area contributed by atoms with Crippen LogP contribution in [0.4, 0.5) is 0 Å². The van der Waals surface area contributed by atoms with E-state index >= 15 is 0 Å². The largest absolute Gasteiger partial charge is 0.339 e. The average molecular weight is 300 g/mol. The van der Waals surface area contributed by atoms with E-state index < -0.39 is 0 Å². The van der Waals surface area contributed by atoms with Crippen LogP contribution in [0, 0.1) is 0 Å². The van der Waals surface area contributed by atoms with Gasteiger partial charge in [-0.15, -0.1) is 12.4 Å². The van der Waals surface area contributed by atoms with E-state index in [1.54, 1.807) is 0 Å². The molecule has 6 heteroatoms. The lowest BCUT2D eigenvalue weighted by molar-refractivity contribution is 0.322. The first-order valence-electron chi connectivity index (χ1n) is 6.14. The van der Waals surface area contributed by atoms with Gasteiger partial charge in [0.1, 0.15) is 0 Å². The fraction of sp³-hybridized carbons (Fsp3) is 0.385. The number of nitrogens with zero attached hydrogens (tertiary/aromatic N) is 2. The highest BCUT2D eigenvalue weighted by Crippen LogP contribution is 2.28. The third-order valence-electron chi connectivity index (χ3n) is 3.20. The van der Waals surface area contributed by atoms with Gasteiger partial charge in [-0.3, -0.25) is 0 Å². The van der Waals surface area contributed by atoms with Gasteiger partial charge in [-0.2, -0.15) is 4.98 Å². The predicted octanol–water partition coefficient (Wildman–Crippen LogP) is 3.28. The maximum absolute atomic E-state index is 6.12. The lowest BCUT2D eigenvalue weighted by atomic mass is 10.00. The van der Waals surface area contributed by atoms with E-state index in [2.05, 4.69) is 15.5 Å². The molecule has 0 aliphatic carbocycles. The molecule has 1 atom stereocenters. The van der Waals surface area contributed by atoms with E-state index in [4.69, 9.17) is 16.1 Å². The maximum Gasteiger partial charge on any atom is 0.231 e. The molecule has 0 spiro atoms. The smallest absolute Gasteiger partial charge is 0.231 e. The quantitative estimate of drug-likeness (QED) is 0.924. The molecule has 1 saturated heterocycles. The fourth-order valence-electron chi connectivity index (χ4n) is 2.22. The van der Waals surface area contributed by atoms with Crippen molar-refractivity contribution in [1.82, 2.24) is 15.5 Å². The Morgan fingerprint density at radius 3 is 2.89 bits per heavy atom. The first-order chi connectivity index (χ1) is 8.84. The Bertz CT molecular complexity index is 538. The van der Waals surface area contributed by atoms with Crippen molar-refractivity contribution in [3.05, 3.63) is 35.2 Å². The van der Waals surface area contributed by atoms with Gasteiger partial charge in [-0.25, -0.2) is 0 Å². The van der Waals surface area contributed by atoms with Crippen LogP contribution in [0.5, 0.6) is 0 Å². The molecule has 2 aromatic rings. The Balaban J connectivity index is 0.00000133. The minimum Gasteiger partial charge on any atom is -0.339 e. The zero-order chi connectivity index (χ0) is 12.4. The number of rotatable bonds is 2. The molecule has 0 bridgehead atoms. The van der Waals surface area contributed by atoms with Crippen molar-refractivity contribution in [2.75, 3.05) is 13.1 Å². The molecule has 0 saturated carbocycles. The van der Waals surface area contributed by atoms with Crippen molar-refractivity contribution >= 4 is 24.0 Å². The van der Waals surface area contributed by atoms with Crippen molar-refractivity contribution in [3.8, 4) is 11.4 Å². The van der Waals surface area contributed by atoms with Gasteiger partial charge in [0, 0.05) is 12.1 Å². The first kappa shape index (κ1) is 14.3. The fourth-order valence-corrected chi connectivity index (χ4v) is 2.44. The Kier molecular flexibility index (Phi) is 4.80. The molecule has 1 fully saturated rings. The number of hydrogen-bond donors (Lipinski definition) is 1. The topological polar surface area (TPSA) is 51.0 Å². The van der Waals surface area contributed by atoms with Gasteiger partial charge >= 0.3 is 0 Å². The Hall–Kier alpha value is -1.10. The standard InChI is InChI=1S/C13H14ClN3O.ClH/c14-11-6-2-1-5-10(11)12-16-13(18-17-12)9-4-3-7-15-8-9;/h1-2,5-6,9,15H,3-4,7-8H2;1H. The summed E-state index contributed by atoms with van der Waals surface area (Å²) in [5.41, 5.74) is 0.818. The summed E-state index contributed by atoms with van der Waals surface area (Å²) < 4.78 is 5.35. The molecule has 1 aromatic heterocycles. The molecule has 1 aromatic carbocycles. The molecular formula is C13H15Cl2N3O. The number of halogens is 2. The molecule has 0 amide bonds. The van der Waals surface area contributed by atoms with Crippen LogP contribution < -0.4 is 5.32 Å². The number of nitrogens with one attached hydrogen (secondary N) is 1. The van der Waals surface area contributed by atoms with Gasteiger partial charge in [0.25, 0.3) is 0 Å². The lowest BCUT2D eigenvalue weighted by Gasteiger charge is -2.18. The van der Waals surface area contributed by atoms with Crippen molar-refractivity contribution in [3.63, 3.8) is 0 Å². The normalized spacial score (nSPS) is 18.9. The summed E-state index contributed by atoms with van der Waals surface area (Å²) in [6.07, 6.45) is 2.24. The Morgan fingerprint density at radius 1 is 1.32 bits per heavy atom. The van der Waals surface area contributed by atoms with Crippen LogP contribution >= 0.6 is 24.0 Å². The lowest BCUT2D eigenvalue weighted by Crippen LogP contribution is -2.28. The summed E-state index contributed by atoms with van der Waals surface area (Å²) in [5, 5.41) is 8.01. The molecule has 4 nitrogen and oxygen atoms in total. The summed E-state index contributed by atoms with van der Waals surface area (Å²) in [7, 11) is 0. The molecule has 3 rings (SSSR count). The summed E-state index contributed by atoms with van der Waals surface area (Å²) in [6, 6.07) is 7.53. The monoisotopic (exact) mass is 299 g/mol. The van der Waals surface area contributed by atoms with E-state index in [-0.39, 0.29) is 12.4 Å². The third kappa shape index (κ3) is 3.08. The molecule has 19 heavy (non-hydrogen) atoms. The minimum absolute atomic E-state index is 0. The number of hydrogen-bond acceptors (Lipinski definition) is 4. The van der Waals surface area contributed by atoms with E-state index in [1.807, 2.05) is 24.3 Å². The molecule has 1 unspecified atom stereocenters. The summed E-state index contributed by atoms with van der Waals surface area (Å²) >= 11 is 6.12. The van der Waals surface area contributed by atoms with Crippen LogP contribution in [0.1, 0.15) is 24.7 Å². The minimum atomic E-state index is 0. The molecule has 1 aliphatic heterocycles. The molecule has 102 valence electrons. The SMILES string of the molecule is Cl.Clc1ccccc1-c1noc(C2CCCNC2)n1. The van der Waals surface area contributed by atoms with Gasteiger partial charge < -0.3 is 9.84 Å². The van der Waals surface area contributed by atoms with Crippen LogP contribution in [0.2, 0.25) is 5.02 Å². The zero-order valence-electron chi connectivity index (χ0n) is 10.3. The van der Waals surface area contributed by atoms with Gasteiger partial charge in [0.2, 0.25) is 11.7 Å². The number of piperidine rings is 1. The Morgan fingerprint density at radius 2 is 2.16 bits per heavy atom. The number of benzene rings is 1. The van der Waals surface area contributed by atoms with Crippen molar-refractivity contribution in [2.24, 2.45) is 0 Å². The van der Waals surface area contributed by atoms with Gasteiger partial charge in [-0.05, 0) is 31.5 Å². The molecule has 1 aliphatic rings. The molecule has 1 N–H and O–H groups in total. The van der Waals surface area contributed by atoms with E-state index in [9.17, 15) is 0 Å². The molecule has 2 heterocycles. The van der Waals surface area contributed by atoms with Gasteiger partial charge in [-0.1, -0.05) is 28.9 Å². The molecular weight excluding hydrogens is 285 g/mol. The van der Waals surface area contributed by atoms with Crippen LogP contribution in [-0.4, -0.2) is 23.2 Å². The average Bonchev–Trinajstić information content (AvgIpc) is 2.90. The predicted molar refractivity (Wildman–Crippen MR) is 76.8 cm³/mol. The summed E-state index contributed by atoms with van der Waals surface area (Å²) in [5.74, 6) is 1.60. The second kappa shape index (κ2) is 6.37. The van der Waals surface area contributed by atoms with E-state index in [0.29, 0.717) is 22.7 Å². The van der Waals surface area contributed by atoms with Gasteiger partial charge in [0.15, 0.2) is 0 Å². The van der Waals surface area contributed by atoms with Crippen LogP contribution in [0.25, 0.3) is 11.4 Å². The third-order valence-corrected chi connectivity index (χ3v) is 3.53. The second-order valence-electron chi connectivity index (χ2n) is 4.48. The maximum atomic E-state index is 6.12. The van der Waals surface area contributed by atoms with Crippen LogP contribution in [-0.2, 0) is 0 Å². The summed E-state index contributed by atoms with van der Waals surface area (Å²) in [6.45, 7) is 1.98. The Labute approximate surface area is 122 Å². The second-order valence-corrected chi connectivity index (χ2v) is 4.89. The van der Waals surface area contributed by atoms with Gasteiger partial charge in [0.05, 0.1) is 10.9 Å². The van der Waals surface area contributed by atoms with E-state index in [1.165, 1.54) is 0 Å². The zero-order valence-corrected chi connectivity index (χ0v) is 11.9. The van der Waals surface area contributed by atoms with Crippen molar-refractivity contribution < 1.29 is 4.52 Å². The highest BCUT2D eigenvalue weighted by Gasteiger charge is 2.22. The van der Waals surface area contributed by atoms with E-state index in [0.717, 1.165) is 31.5 Å². The molecule has 0 radical (unpaired) electrons. The highest BCUT2D eigenvalue weighted by atomic mass is 35.5.